The van der Waals surface area contributed by atoms with E-state index in [1.54, 1.807) is 12.1 Å². The molecule has 1 aromatic carbocycles. The van der Waals surface area contributed by atoms with Gasteiger partial charge in [-0.2, -0.15) is 5.26 Å². The van der Waals surface area contributed by atoms with Crippen molar-refractivity contribution in [2.75, 3.05) is 11.1 Å². The third-order valence-electron chi connectivity index (χ3n) is 2.58. The maximum atomic E-state index is 8.86. The molecule has 0 aliphatic carbocycles. The molecule has 1 unspecified atom stereocenters. The minimum absolute atomic E-state index is 0.426. The summed E-state index contributed by atoms with van der Waals surface area (Å²) in [6, 6.07) is 8.00. The lowest BCUT2D eigenvalue weighted by molar-refractivity contribution is 0.645. The van der Waals surface area contributed by atoms with E-state index in [1.807, 2.05) is 6.07 Å². The second kappa shape index (κ2) is 6.02. The van der Waals surface area contributed by atoms with E-state index in [9.17, 15) is 0 Å². The number of nitrogens with zero attached hydrogens (tertiary/aromatic N) is 1. The number of rotatable bonds is 5. The molecule has 0 heterocycles. The minimum atomic E-state index is 0.426. The second-order valence-corrected chi connectivity index (χ2v) is 4.10. The van der Waals surface area contributed by atoms with Gasteiger partial charge in [0, 0.05) is 17.4 Å². The van der Waals surface area contributed by atoms with E-state index in [4.69, 9.17) is 11.0 Å². The first-order valence-corrected chi connectivity index (χ1v) is 5.73. The number of hydrogen-bond donors (Lipinski definition) is 2. The van der Waals surface area contributed by atoms with Crippen LogP contribution in [0.15, 0.2) is 18.2 Å². The van der Waals surface area contributed by atoms with Gasteiger partial charge >= 0.3 is 0 Å². The molecule has 86 valence electrons. The summed E-state index contributed by atoms with van der Waals surface area (Å²) in [5.41, 5.74) is 7.70. The number of nitrogens with one attached hydrogen (secondary N) is 1. The van der Waals surface area contributed by atoms with Crippen LogP contribution in [0.3, 0.4) is 0 Å². The van der Waals surface area contributed by atoms with Gasteiger partial charge in [0.25, 0.3) is 0 Å². The zero-order chi connectivity index (χ0) is 12.0. The standard InChI is InChI=1S/C13H19N3/c1-3-4-5-10(2)16-12-6-7-13(15)11(8-12)9-14/h6-8,10,16H,3-5,15H2,1-2H3. The van der Waals surface area contributed by atoms with Gasteiger partial charge in [0.05, 0.1) is 5.56 Å². The number of anilines is 2. The van der Waals surface area contributed by atoms with Gasteiger partial charge in [-0.15, -0.1) is 0 Å². The molecule has 0 spiro atoms. The van der Waals surface area contributed by atoms with E-state index in [1.165, 1.54) is 12.8 Å². The van der Waals surface area contributed by atoms with Gasteiger partial charge in [0.2, 0.25) is 0 Å². The summed E-state index contributed by atoms with van der Waals surface area (Å²) in [4.78, 5) is 0. The van der Waals surface area contributed by atoms with Crippen LogP contribution in [0.5, 0.6) is 0 Å². The van der Waals surface area contributed by atoms with Crippen LogP contribution in [0.1, 0.15) is 38.7 Å². The monoisotopic (exact) mass is 217 g/mol. The fourth-order valence-corrected chi connectivity index (χ4v) is 1.61. The van der Waals surface area contributed by atoms with E-state index < -0.39 is 0 Å². The first-order valence-electron chi connectivity index (χ1n) is 5.73. The van der Waals surface area contributed by atoms with Crippen LogP contribution in [-0.2, 0) is 0 Å². The molecule has 3 N–H and O–H groups in total. The average molecular weight is 217 g/mol. The summed E-state index contributed by atoms with van der Waals surface area (Å²) in [6.45, 7) is 4.34. The quantitative estimate of drug-likeness (QED) is 0.745. The van der Waals surface area contributed by atoms with Gasteiger partial charge in [-0.25, -0.2) is 0 Å². The highest BCUT2D eigenvalue weighted by atomic mass is 14.9. The molecule has 3 nitrogen and oxygen atoms in total. The Morgan fingerprint density at radius 1 is 1.50 bits per heavy atom. The lowest BCUT2D eigenvalue weighted by atomic mass is 10.1. The maximum absolute atomic E-state index is 8.86. The Labute approximate surface area is 97.3 Å². The van der Waals surface area contributed by atoms with Crippen LogP contribution < -0.4 is 11.1 Å². The first-order chi connectivity index (χ1) is 7.67. The highest BCUT2D eigenvalue weighted by Gasteiger charge is 2.03. The van der Waals surface area contributed by atoms with Gasteiger partial charge in [0.15, 0.2) is 0 Å². The fraction of sp³-hybridized carbons (Fsp3) is 0.462. The SMILES string of the molecule is CCCCC(C)Nc1ccc(N)c(C#N)c1. The summed E-state index contributed by atoms with van der Waals surface area (Å²) in [5.74, 6) is 0. The predicted molar refractivity (Wildman–Crippen MR) is 68.2 cm³/mol. The molecule has 1 aromatic rings. The second-order valence-electron chi connectivity index (χ2n) is 4.10. The number of nitriles is 1. The molecule has 0 aliphatic rings. The van der Waals surface area contributed by atoms with Crippen molar-refractivity contribution in [3.8, 4) is 6.07 Å². The number of hydrogen-bond acceptors (Lipinski definition) is 3. The van der Waals surface area contributed by atoms with Crippen molar-refractivity contribution in [1.29, 1.82) is 5.26 Å². The highest BCUT2D eigenvalue weighted by molar-refractivity contribution is 5.62. The van der Waals surface area contributed by atoms with Crippen LogP contribution in [0.4, 0.5) is 11.4 Å². The van der Waals surface area contributed by atoms with E-state index in [2.05, 4.69) is 25.2 Å². The van der Waals surface area contributed by atoms with E-state index >= 15 is 0 Å². The van der Waals surface area contributed by atoms with Crippen molar-refractivity contribution >= 4 is 11.4 Å². The smallest absolute Gasteiger partial charge is 0.101 e. The molecule has 1 rings (SSSR count). The topological polar surface area (TPSA) is 61.8 Å². The third-order valence-corrected chi connectivity index (χ3v) is 2.58. The number of unbranched alkanes of at least 4 members (excludes halogenated alkanes) is 1. The van der Waals surface area contributed by atoms with Gasteiger partial charge < -0.3 is 11.1 Å². The Kier molecular flexibility index (Phi) is 4.65. The minimum Gasteiger partial charge on any atom is -0.398 e. The molecular weight excluding hydrogens is 198 g/mol. The average Bonchev–Trinajstić information content (AvgIpc) is 2.29. The normalized spacial score (nSPS) is 11.8. The van der Waals surface area contributed by atoms with E-state index in [0.717, 1.165) is 12.1 Å². The van der Waals surface area contributed by atoms with Crippen LogP contribution >= 0.6 is 0 Å². The van der Waals surface area contributed by atoms with Crippen molar-refractivity contribution < 1.29 is 0 Å². The molecule has 16 heavy (non-hydrogen) atoms. The molecule has 0 amide bonds. The summed E-state index contributed by atoms with van der Waals surface area (Å²) in [7, 11) is 0. The molecule has 3 heteroatoms. The number of nitrogen functional groups attached to an aromatic ring is 1. The van der Waals surface area contributed by atoms with Crippen molar-refractivity contribution in [2.45, 2.75) is 39.2 Å². The molecule has 0 saturated carbocycles. The van der Waals surface area contributed by atoms with Gasteiger partial charge in [0.1, 0.15) is 6.07 Å². The predicted octanol–water partition coefficient (Wildman–Crippen LogP) is 3.13. The zero-order valence-corrected chi connectivity index (χ0v) is 9.96. The molecular formula is C13H19N3. The number of benzene rings is 1. The van der Waals surface area contributed by atoms with Crippen LogP contribution in [0.2, 0.25) is 0 Å². The summed E-state index contributed by atoms with van der Waals surface area (Å²) in [6.07, 6.45) is 3.56. The fourth-order valence-electron chi connectivity index (χ4n) is 1.61. The van der Waals surface area contributed by atoms with Gasteiger partial charge in [-0.3, -0.25) is 0 Å². The Hall–Kier alpha value is -1.69. The Balaban J connectivity index is 2.64. The van der Waals surface area contributed by atoms with Crippen LogP contribution in [0.25, 0.3) is 0 Å². The van der Waals surface area contributed by atoms with E-state index in [0.29, 0.717) is 17.3 Å². The lowest BCUT2D eigenvalue weighted by Crippen LogP contribution is -2.14. The van der Waals surface area contributed by atoms with E-state index in [-0.39, 0.29) is 0 Å². The molecule has 0 fully saturated rings. The molecule has 0 aliphatic heterocycles. The third kappa shape index (κ3) is 3.47. The Bertz CT molecular complexity index is 379. The molecule has 1 atom stereocenters. The molecule has 0 aromatic heterocycles. The first kappa shape index (κ1) is 12.4. The van der Waals surface area contributed by atoms with Crippen molar-refractivity contribution in [3.05, 3.63) is 23.8 Å². The van der Waals surface area contributed by atoms with Gasteiger partial charge in [-0.1, -0.05) is 19.8 Å². The van der Waals surface area contributed by atoms with Crippen molar-refractivity contribution in [2.24, 2.45) is 0 Å². The maximum Gasteiger partial charge on any atom is 0.101 e. The van der Waals surface area contributed by atoms with Crippen molar-refractivity contribution in [1.82, 2.24) is 0 Å². The molecule has 0 bridgehead atoms. The summed E-state index contributed by atoms with van der Waals surface area (Å²) < 4.78 is 0. The lowest BCUT2D eigenvalue weighted by Gasteiger charge is -2.15. The summed E-state index contributed by atoms with van der Waals surface area (Å²) in [5, 5.41) is 12.2. The summed E-state index contributed by atoms with van der Waals surface area (Å²) >= 11 is 0. The highest BCUT2D eigenvalue weighted by Crippen LogP contribution is 2.18. The Morgan fingerprint density at radius 2 is 2.25 bits per heavy atom. The van der Waals surface area contributed by atoms with Crippen LogP contribution in [0, 0.1) is 11.3 Å². The largest absolute Gasteiger partial charge is 0.398 e. The van der Waals surface area contributed by atoms with Crippen molar-refractivity contribution in [3.63, 3.8) is 0 Å². The Morgan fingerprint density at radius 3 is 2.88 bits per heavy atom. The number of nitrogens with two attached hydrogens (primary N) is 1. The van der Waals surface area contributed by atoms with Gasteiger partial charge in [-0.05, 0) is 31.5 Å². The molecule has 0 radical (unpaired) electrons. The molecule has 0 saturated heterocycles. The zero-order valence-electron chi connectivity index (χ0n) is 9.96. The van der Waals surface area contributed by atoms with Crippen LogP contribution in [-0.4, -0.2) is 6.04 Å².